The first-order valence-corrected chi connectivity index (χ1v) is 6.01. The van der Waals surface area contributed by atoms with E-state index in [4.69, 9.17) is 0 Å². The van der Waals surface area contributed by atoms with E-state index in [0.717, 1.165) is 15.9 Å². The number of nitrogens with zero attached hydrogens (tertiary/aromatic N) is 2. The Kier molecular flexibility index (Phi) is 2.20. The summed E-state index contributed by atoms with van der Waals surface area (Å²) in [6, 6.07) is 10.5. The van der Waals surface area contributed by atoms with E-state index in [-0.39, 0.29) is 0 Å². The molecule has 1 heterocycles. The monoisotopic (exact) mass is 308 g/mol. The molecule has 0 aromatic heterocycles. The van der Waals surface area contributed by atoms with E-state index in [1.165, 1.54) is 11.1 Å². The van der Waals surface area contributed by atoms with Crippen molar-refractivity contribution in [3.05, 3.63) is 47.5 Å². The molecule has 1 atom stereocenters. The molecule has 1 unspecified atom stereocenters. The second kappa shape index (κ2) is 3.56. The van der Waals surface area contributed by atoms with Crippen molar-refractivity contribution in [3.63, 3.8) is 0 Å². The first-order chi connectivity index (χ1) is 7.36. The predicted molar refractivity (Wildman–Crippen MR) is 70.8 cm³/mol. The number of allylic oxidation sites excluding steroid dienone is 2. The maximum Gasteiger partial charge on any atom is 0.132 e. The van der Waals surface area contributed by atoms with Gasteiger partial charge in [-0.2, -0.15) is 5.10 Å². The van der Waals surface area contributed by atoms with Crippen LogP contribution in [-0.2, 0) is 0 Å². The largest absolute Gasteiger partial charge is 0.153 e. The van der Waals surface area contributed by atoms with Gasteiger partial charge in [0.25, 0.3) is 0 Å². The lowest BCUT2D eigenvalue weighted by Gasteiger charge is -2.09. The van der Waals surface area contributed by atoms with Crippen molar-refractivity contribution in [1.82, 2.24) is 0 Å². The Labute approximate surface area is 102 Å². The maximum atomic E-state index is 4.27. The first kappa shape index (κ1) is 9.27. The second-order valence-corrected chi connectivity index (χ2v) is 4.71. The second-order valence-electron chi connectivity index (χ2n) is 3.69. The number of hydrogen-bond donors (Lipinski definition) is 0. The summed E-state index contributed by atoms with van der Waals surface area (Å²) >= 11 is 2.25. The summed E-state index contributed by atoms with van der Waals surface area (Å²) in [7, 11) is 0. The maximum absolute atomic E-state index is 4.27. The highest BCUT2D eigenvalue weighted by Gasteiger charge is 2.31. The van der Waals surface area contributed by atoms with Gasteiger partial charge in [0, 0.05) is 11.5 Å². The van der Waals surface area contributed by atoms with Crippen LogP contribution in [0.1, 0.15) is 17.9 Å². The molecular formula is C12H9IN2. The van der Waals surface area contributed by atoms with E-state index in [1.54, 1.807) is 0 Å². The Bertz CT molecular complexity index is 486. The molecule has 0 bridgehead atoms. The Morgan fingerprint density at radius 1 is 1.13 bits per heavy atom. The minimum atomic E-state index is 0.414. The summed E-state index contributed by atoms with van der Waals surface area (Å²) in [5.74, 6) is 0.414. The molecule has 0 saturated heterocycles. The minimum absolute atomic E-state index is 0.414. The highest BCUT2D eigenvalue weighted by molar-refractivity contribution is 14.1. The van der Waals surface area contributed by atoms with Crippen LogP contribution < -0.4 is 0 Å². The summed E-state index contributed by atoms with van der Waals surface area (Å²) in [6.45, 7) is 0. The lowest BCUT2D eigenvalue weighted by atomic mass is 9.94. The van der Waals surface area contributed by atoms with E-state index < -0.39 is 0 Å². The van der Waals surface area contributed by atoms with Gasteiger partial charge in [-0.05, 0) is 34.6 Å². The average Bonchev–Trinajstić information content (AvgIpc) is 2.83. The number of benzene rings is 1. The normalized spacial score (nSPS) is 23.3. The molecule has 2 aliphatic rings. The molecule has 0 fully saturated rings. The van der Waals surface area contributed by atoms with Crippen LogP contribution in [0.3, 0.4) is 0 Å². The van der Waals surface area contributed by atoms with E-state index in [0.29, 0.717) is 5.92 Å². The fourth-order valence-electron chi connectivity index (χ4n) is 2.08. The van der Waals surface area contributed by atoms with Gasteiger partial charge in [-0.25, -0.2) is 0 Å². The first-order valence-electron chi connectivity index (χ1n) is 4.93. The van der Waals surface area contributed by atoms with E-state index in [9.17, 15) is 0 Å². The molecule has 3 rings (SSSR count). The molecule has 0 N–H and O–H groups in total. The highest BCUT2D eigenvalue weighted by Crippen LogP contribution is 2.35. The third-order valence-electron chi connectivity index (χ3n) is 2.83. The standard InChI is InChI=1S/C12H9IN2/c13-12-10-7-6-9(11(10)14-15-12)8-4-2-1-3-5-8/h1-5,7,9H,6H2. The van der Waals surface area contributed by atoms with Crippen molar-refractivity contribution in [2.75, 3.05) is 0 Å². The molecule has 0 radical (unpaired) electrons. The zero-order valence-electron chi connectivity index (χ0n) is 8.02. The number of halogens is 1. The smallest absolute Gasteiger partial charge is 0.132 e. The van der Waals surface area contributed by atoms with Gasteiger partial charge in [-0.1, -0.05) is 36.4 Å². The van der Waals surface area contributed by atoms with Crippen molar-refractivity contribution < 1.29 is 0 Å². The van der Waals surface area contributed by atoms with Crippen LogP contribution in [0.2, 0.25) is 0 Å². The molecule has 1 aliphatic carbocycles. The summed E-state index contributed by atoms with van der Waals surface area (Å²) < 4.78 is 1.03. The topological polar surface area (TPSA) is 24.7 Å². The van der Waals surface area contributed by atoms with Gasteiger partial charge in [-0.3, -0.25) is 0 Å². The number of fused-ring (bicyclic) bond motifs is 1. The van der Waals surface area contributed by atoms with Gasteiger partial charge < -0.3 is 0 Å². The van der Waals surface area contributed by atoms with Crippen molar-refractivity contribution in [2.45, 2.75) is 12.3 Å². The minimum Gasteiger partial charge on any atom is -0.153 e. The van der Waals surface area contributed by atoms with Gasteiger partial charge in [0.1, 0.15) is 3.72 Å². The predicted octanol–water partition coefficient (Wildman–Crippen LogP) is 3.30. The van der Waals surface area contributed by atoms with Crippen LogP contribution in [0.5, 0.6) is 0 Å². The van der Waals surface area contributed by atoms with Gasteiger partial charge in [0.2, 0.25) is 0 Å². The summed E-state index contributed by atoms with van der Waals surface area (Å²) in [6.07, 6.45) is 3.30. The molecular weight excluding hydrogens is 299 g/mol. The van der Waals surface area contributed by atoms with Crippen molar-refractivity contribution in [3.8, 4) is 0 Å². The molecule has 1 aromatic carbocycles. The van der Waals surface area contributed by atoms with Crippen LogP contribution >= 0.6 is 22.6 Å². The molecule has 0 saturated carbocycles. The van der Waals surface area contributed by atoms with Crippen LogP contribution in [0, 0.1) is 0 Å². The van der Waals surface area contributed by atoms with Crippen LogP contribution in [-0.4, -0.2) is 9.43 Å². The third kappa shape index (κ3) is 1.45. The van der Waals surface area contributed by atoms with Crippen molar-refractivity contribution >= 4 is 32.0 Å². The van der Waals surface area contributed by atoms with E-state index >= 15 is 0 Å². The number of hydrogen-bond acceptors (Lipinski definition) is 2. The van der Waals surface area contributed by atoms with Crippen LogP contribution in [0.4, 0.5) is 0 Å². The quantitative estimate of drug-likeness (QED) is 0.711. The van der Waals surface area contributed by atoms with Crippen molar-refractivity contribution in [1.29, 1.82) is 0 Å². The zero-order chi connectivity index (χ0) is 10.3. The lowest BCUT2D eigenvalue weighted by Crippen LogP contribution is -2.08. The van der Waals surface area contributed by atoms with Crippen molar-refractivity contribution in [2.24, 2.45) is 10.2 Å². The average molecular weight is 308 g/mol. The molecule has 74 valence electrons. The lowest BCUT2D eigenvalue weighted by molar-refractivity contribution is 0.931. The van der Waals surface area contributed by atoms with Crippen LogP contribution in [0.15, 0.2) is 52.2 Å². The van der Waals surface area contributed by atoms with Gasteiger partial charge >= 0.3 is 0 Å². The molecule has 0 amide bonds. The number of rotatable bonds is 1. The van der Waals surface area contributed by atoms with E-state index in [2.05, 4.69) is 63.1 Å². The summed E-state index contributed by atoms with van der Waals surface area (Å²) in [5.41, 5.74) is 3.72. The van der Waals surface area contributed by atoms with Gasteiger partial charge in [0.05, 0.1) is 5.71 Å². The summed E-state index contributed by atoms with van der Waals surface area (Å²) in [4.78, 5) is 0. The zero-order valence-corrected chi connectivity index (χ0v) is 10.2. The fourth-order valence-corrected chi connectivity index (χ4v) is 2.69. The third-order valence-corrected chi connectivity index (χ3v) is 3.63. The highest BCUT2D eigenvalue weighted by atomic mass is 127. The summed E-state index contributed by atoms with van der Waals surface area (Å²) in [5, 5.41) is 8.38. The Balaban J connectivity index is 1.96. The Morgan fingerprint density at radius 3 is 2.73 bits per heavy atom. The molecule has 15 heavy (non-hydrogen) atoms. The molecule has 1 aromatic rings. The Morgan fingerprint density at radius 2 is 1.93 bits per heavy atom. The van der Waals surface area contributed by atoms with Gasteiger partial charge in [0.15, 0.2) is 0 Å². The Hall–Kier alpha value is -0.970. The molecule has 2 nitrogen and oxygen atoms in total. The molecule has 3 heteroatoms. The SMILES string of the molecule is IC1=NN=C2C1=CCC2c1ccccc1. The van der Waals surface area contributed by atoms with Gasteiger partial charge in [-0.15, -0.1) is 5.10 Å². The molecule has 0 spiro atoms. The van der Waals surface area contributed by atoms with E-state index in [1.807, 2.05) is 6.07 Å². The molecule has 1 aliphatic heterocycles. The fraction of sp³-hybridized carbons (Fsp3) is 0.167. The van der Waals surface area contributed by atoms with Crippen LogP contribution in [0.25, 0.3) is 0 Å².